The second-order valence-electron chi connectivity index (χ2n) is 11.9. The minimum absolute atomic E-state index is 0.0759. The molecule has 1 amide bonds. The van der Waals surface area contributed by atoms with Gasteiger partial charge >= 0.3 is 0 Å². The van der Waals surface area contributed by atoms with Gasteiger partial charge < -0.3 is 16.4 Å². The molecule has 0 aliphatic heterocycles. The first-order chi connectivity index (χ1) is 17.0. The molecule has 2 fully saturated rings. The van der Waals surface area contributed by atoms with Gasteiger partial charge in [-0.3, -0.25) is 9.78 Å². The van der Waals surface area contributed by atoms with E-state index < -0.39 is 5.41 Å². The van der Waals surface area contributed by atoms with E-state index >= 15 is 0 Å². The second kappa shape index (κ2) is 10.5. The molecule has 1 aromatic carbocycles. The first-order valence-electron chi connectivity index (χ1n) is 13.0. The molecule has 5 nitrogen and oxygen atoms in total. The van der Waals surface area contributed by atoms with Crippen molar-refractivity contribution in [3.63, 3.8) is 0 Å². The zero-order chi connectivity index (χ0) is 26.1. The molecular formula is C29H39FN4OS. The molecule has 1 aromatic heterocycles. The number of halogens is 1. The van der Waals surface area contributed by atoms with Crippen molar-refractivity contribution in [2.45, 2.75) is 64.8 Å². The van der Waals surface area contributed by atoms with Gasteiger partial charge in [-0.2, -0.15) is 0 Å². The first-order valence-corrected chi connectivity index (χ1v) is 13.4. The van der Waals surface area contributed by atoms with Crippen LogP contribution >= 0.6 is 12.2 Å². The highest BCUT2D eigenvalue weighted by Crippen LogP contribution is 2.53. The average molecular weight is 511 g/mol. The molecule has 4 N–H and O–H groups in total. The molecular weight excluding hydrogens is 471 g/mol. The quantitative estimate of drug-likeness (QED) is 0.431. The molecule has 2 aliphatic carbocycles. The molecule has 36 heavy (non-hydrogen) atoms. The van der Waals surface area contributed by atoms with Crippen molar-refractivity contribution < 1.29 is 9.18 Å². The molecule has 2 aliphatic rings. The van der Waals surface area contributed by atoms with Crippen molar-refractivity contribution in [2.24, 2.45) is 34.8 Å². The van der Waals surface area contributed by atoms with E-state index in [2.05, 4.69) is 43.3 Å². The Morgan fingerprint density at radius 1 is 1.19 bits per heavy atom. The molecule has 6 unspecified atom stereocenters. The molecule has 4 rings (SSSR count). The van der Waals surface area contributed by atoms with Gasteiger partial charge in [0.25, 0.3) is 0 Å². The second-order valence-corrected chi connectivity index (χ2v) is 12.4. The van der Waals surface area contributed by atoms with Gasteiger partial charge in [-0.15, -0.1) is 0 Å². The number of nitrogens with one attached hydrogen (secondary N) is 2. The molecule has 7 heteroatoms. The van der Waals surface area contributed by atoms with E-state index in [1.165, 1.54) is 12.1 Å². The molecule has 2 saturated carbocycles. The van der Waals surface area contributed by atoms with Crippen LogP contribution in [0.5, 0.6) is 0 Å². The number of aromatic nitrogens is 1. The minimum atomic E-state index is -0.436. The van der Waals surface area contributed by atoms with Crippen LogP contribution in [0.1, 0.15) is 58.9 Å². The van der Waals surface area contributed by atoms with Crippen molar-refractivity contribution in [1.82, 2.24) is 10.3 Å². The van der Waals surface area contributed by atoms with E-state index in [4.69, 9.17) is 18.0 Å². The number of carbonyl (C=O) groups is 1. The molecule has 0 radical (unpaired) electrons. The van der Waals surface area contributed by atoms with Crippen LogP contribution in [0.25, 0.3) is 0 Å². The number of carbonyl (C=O) groups excluding carboxylic acids is 1. The van der Waals surface area contributed by atoms with Crippen LogP contribution in [-0.4, -0.2) is 28.5 Å². The van der Waals surface area contributed by atoms with Gasteiger partial charge in [-0.05, 0) is 79.2 Å². The van der Waals surface area contributed by atoms with Crippen LogP contribution < -0.4 is 16.4 Å². The Balaban J connectivity index is 1.42. The zero-order valence-electron chi connectivity index (χ0n) is 21.8. The third-order valence-electron chi connectivity index (χ3n) is 8.53. The maximum absolute atomic E-state index is 13.4. The standard InChI is InChI=1S/C29H39FN4OS/c1-18-13-19-14-20(16-29(4,15-19)27(35)34-23-9-11-32-12-10-23)24(18)25(31)26(36)33-17-28(2,3)21-5-7-22(30)8-6-21/h5-12,18-20,24-25H,13-17,31H2,1-4H3,(H,33,36)(H,32,34,35). The number of fused-ring (bicyclic) bond motifs is 2. The van der Waals surface area contributed by atoms with Crippen molar-refractivity contribution >= 4 is 28.8 Å². The van der Waals surface area contributed by atoms with E-state index in [1.54, 1.807) is 12.4 Å². The fourth-order valence-electron chi connectivity index (χ4n) is 6.67. The van der Waals surface area contributed by atoms with Crippen molar-refractivity contribution in [3.8, 4) is 0 Å². The molecule has 0 saturated heterocycles. The van der Waals surface area contributed by atoms with Crippen LogP contribution in [0.3, 0.4) is 0 Å². The van der Waals surface area contributed by atoms with Crippen LogP contribution in [0.2, 0.25) is 0 Å². The number of nitrogens with two attached hydrogens (primary N) is 1. The smallest absolute Gasteiger partial charge is 0.230 e. The Morgan fingerprint density at radius 2 is 1.86 bits per heavy atom. The van der Waals surface area contributed by atoms with Crippen LogP contribution in [0, 0.1) is 34.9 Å². The van der Waals surface area contributed by atoms with E-state index in [-0.39, 0.29) is 29.1 Å². The number of amides is 1. The van der Waals surface area contributed by atoms with E-state index in [0.29, 0.717) is 29.3 Å². The van der Waals surface area contributed by atoms with Crippen LogP contribution in [0.15, 0.2) is 48.8 Å². The molecule has 194 valence electrons. The Labute approximate surface area is 219 Å². The maximum Gasteiger partial charge on any atom is 0.230 e. The highest BCUT2D eigenvalue weighted by molar-refractivity contribution is 7.80. The zero-order valence-corrected chi connectivity index (χ0v) is 22.6. The molecule has 1 heterocycles. The summed E-state index contributed by atoms with van der Waals surface area (Å²) >= 11 is 5.81. The summed E-state index contributed by atoms with van der Waals surface area (Å²) in [6.07, 6.45) is 7.26. The van der Waals surface area contributed by atoms with Crippen LogP contribution in [-0.2, 0) is 10.2 Å². The summed E-state index contributed by atoms with van der Waals surface area (Å²) in [7, 11) is 0. The number of hydrogen-bond donors (Lipinski definition) is 3. The summed E-state index contributed by atoms with van der Waals surface area (Å²) in [5.41, 5.74) is 8.00. The highest BCUT2D eigenvalue weighted by atomic mass is 32.1. The lowest BCUT2D eigenvalue weighted by Gasteiger charge is -2.51. The normalized spacial score (nSPS) is 28.7. The third-order valence-corrected chi connectivity index (χ3v) is 8.95. The lowest BCUT2D eigenvalue weighted by atomic mass is 9.54. The van der Waals surface area contributed by atoms with Gasteiger partial charge in [-0.25, -0.2) is 4.39 Å². The predicted molar refractivity (Wildman–Crippen MR) is 147 cm³/mol. The van der Waals surface area contributed by atoms with Gasteiger partial charge in [0, 0.05) is 35.5 Å². The lowest BCUT2D eigenvalue weighted by molar-refractivity contribution is -0.131. The van der Waals surface area contributed by atoms with E-state index in [0.717, 1.165) is 36.9 Å². The highest BCUT2D eigenvalue weighted by Gasteiger charge is 2.50. The Kier molecular flexibility index (Phi) is 7.81. The lowest BCUT2D eigenvalue weighted by Crippen LogP contribution is -2.55. The Bertz CT molecular complexity index is 1070. The number of thiocarbonyl (C=S) groups is 1. The number of rotatable bonds is 7. The van der Waals surface area contributed by atoms with Gasteiger partial charge in [0.05, 0.1) is 11.0 Å². The largest absolute Gasteiger partial charge is 0.377 e. The molecule has 0 spiro atoms. The van der Waals surface area contributed by atoms with Gasteiger partial charge in [0.15, 0.2) is 0 Å². The topological polar surface area (TPSA) is 80.0 Å². The summed E-state index contributed by atoms with van der Waals surface area (Å²) in [5.74, 6) is 1.38. The summed E-state index contributed by atoms with van der Waals surface area (Å²) in [6.45, 7) is 9.23. The van der Waals surface area contributed by atoms with Gasteiger partial charge in [0.2, 0.25) is 5.91 Å². The van der Waals surface area contributed by atoms with Crippen LogP contribution in [0.4, 0.5) is 10.1 Å². The van der Waals surface area contributed by atoms with E-state index in [1.807, 2.05) is 24.3 Å². The number of anilines is 1. The van der Waals surface area contributed by atoms with Crippen molar-refractivity contribution in [3.05, 3.63) is 60.2 Å². The average Bonchev–Trinajstić information content (AvgIpc) is 2.82. The van der Waals surface area contributed by atoms with Gasteiger partial charge in [-0.1, -0.05) is 52.0 Å². The Hall–Kier alpha value is -2.38. The monoisotopic (exact) mass is 510 g/mol. The van der Waals surface area contributed by atoms with Gasteiger partial charge in [0.1, 0.15) is 5.82 Å². The number of hydrogen-bond acceptors (Lipinski definition) is 4. The SMILES string of the molecule is CC1CC2CC(CC(C)(C(=O)Nc3ccncc3)C2)C1C(N)C(=S)NCC(C)(C)c1ccc(F)cc1. The summed E-state index contributed by atoms with van der Waals surface area (Å²) in [6, 6.07) is 10.0. The number of nitrogens with zero attached hydrogens (tertiary/aromatic N) is 1. The molecule has 6 atom stereocenters. The van der Waals surface area contributed by atoms with Crippen molar-refractivity contribution in [2.75, 3.05) is 11.9 Å². The minimum Gasteiger partial charge on any atom is -0.377 e. The number of benzene rings is 1. The first kappa shape index (κ1) is 26.7. The van der Waals surface area contributed by atoms with E-state index in [9.17, 15) is 9.18 Å². The Morgan fingerprint density at radius 3 is 2.53 bits per heavy atom. The van der Waals surface area contributed by atoms with Crippen molar-refractivity contribution in [1.29, 1.82) is 0 Å². The fourth-order valence-corrected chi connectivity index (χ4v) is 6.90. The maximum atomic E-state index is 13.4. The predicted octanol–water partition coefficient (Wildman–Crippen LogP) is 5.46. The summed E-state index contributed by atoms with van der Waals surface area (Å²) in [5, 5.41) is 6.53. The molecule has 2 bridgehead atoms. The summed E-state index contributed by atoms with van der Waals surface area (Å²) < 4.78 is 13.4. The molecule has 2 aromatic rings. The number of pyridine rings is 1. The third kappa shape index (κ3) is 5.78. The fraction of sp³-hybridized carbons (Fsp3) is 0.552. The summed E-state index contributed by atoms with van der Waals surface area (Å²) in [4.78, 5) is 18.1.